The number of hydrogen-bond acceptors (Lipinski definition) is 13. The molecule has 0 amide bonds. The number of fused-ring (bicyclic) bond motifs is 1. The lowest BCUT2D eigenvalue weighted by Gasteiger charge is -2.39. The van der Waals surface area contributed by atoms with E-state index in [1.165, 1.54) is 45.6 Å². The van der Waals surface area contributed by atoms with Gasteiger partial charge in [-0.15, -0.1) is 0 Å². The molecule has 13 nitrogen and oxygen atoms in total. The second-order valence-electron chi connectivity index (χ2n) is 8.13. The highest BCUT2D eigenvalue weighted by Gasteiger charge is 2.45. The van der Waals surface area contributed by atoms with Crippen LogP contribution in [0, 0.1) is 0 Å². The topological polar surface area (TPSA) is 198 Å². The molecule has 37 heavy (non-hydrogen) atoms. The van der Waals surface area contributed by atoms with E-state index in [-0.39, 0.29) is 51.0 Å². The summed E-state index contributed by atoms with van der Waals surface area (Å²) >= 11 is 0. The van der Waals surface area contributed by atoms with E-state index in [1.54, 1.807) is 0 Å². The van der Waals surface area contributed by atoms with Crippen molar-refractivity contribution in [1.82, 2.24) is 0 Å². The van der Waals surface area contributed by atoms with E-state index in [4.69, 9.17) is 28.1 Å². The first-order valence-electron chi connectivity index (χ1n) is 11.0. The summed E-state index contributed by atoms with van der Waals surface area (Å²) in [5.74, 6) is -1.64. The molecule has 1 fully saturated rings. The second-order valence-corrected chi connectivity index (χ2v) is 8.13. The maximum atomic E-state index is 13.3. The Hall–Kier alpha value is -3.75. The molecular formula is C24H26O13. The van der Waals surface area contributed by atoms with Gasteiger partial charge in [-0.05, 0) is 18.2 Å². The fourth-order valence-corrected chi connectivity index (χ4v) is 4.06. The van der Waals surface area contributed by atoms with Gasteiger partial charge in [-0.2, -0.15) is 0 Å². The van der Waals surface area contributed by atoms with Gasteiger partial charge in [0.15, 0.2) is 28.8 Å². The largest absolute Gasteiger partial charge is 0.504 e. The number of rotatable bonds is 7. The Morgan fingerprint density at radius 3 is 2.19 bits per heavy atom. The van der Waals surface area contributed by atoms with Crippen LogP contribution in [0.15, 0.2) is 33.5 Å². The first-order chi connectivity index (χ1) is 17.7. The molecule has 0 spiro atoms. The van der Waals surface area contributed by atoms with Gasteiger partial charge in [-0.3, -0.25) is 4.79 Å². The fraction of sp³-hybridized carbons (Fsp3) is 0.375. The van der Waals surface area contributed by atoms with Crippen molar-refractivity contribution in [1.29, 1.82) is 0 Å². The van der Waals surface area contributed by atoms with Crippen LogP contribution in [0.5, 0.6) is 34.5 Å². The molecule has 2 heterocycles. The van der Waals surface area contributed by atoms with Crippen LogP contribution in [-0.2, 0) is 4.74 Å². The zero-order chi connectivity index (χ0) is 27.0. The number of aliphatic hydroxyl groups is 4. The summed E-state index contributed by atoms with van der Waals surface area (Å²) in [6.45, 7) is -0.683. The Morgan fingerprint density at radius 1 is 0.892 bits per heavy atom. The minimum absolute atomic E-state index is 0.0821. The minimum atomic E-state index is -1.75. The van der Waals surface area contributed by atoms with Gasteiger partial charge in [0.1, 0.15) is 35.4 Å². The maximum absolute atomic E-state index is 13.3. The predicted molar refractivity (Wildman–Crippen MR) is 125 cm³/mol. The van der Waals surface area contributed by atoms with Crippen LogP contribution in [0.1, 0.15) is 0 Å². The van der Waals surface area contributed by atoms with Crippen LogP contribution in [0.25, 0.3) is 22.3 Å². The molecule has 1 aliphatic heterocycles. The molecule has 1 aromatic heterocycles. The molecule has 0 saturated carbocycles. The van der Waals surface area contributed by atoms with Crippen LogP contribution in [0.2, 0.25) is 0 Å². The molecule has 1 saturated heterocycles. The van der Waals surface area contributed by atoms with Crippen LogP contribution in [-0.4, -0.2) is 89.3 Å². The molecule has 0 bridgehead atoms. The first kappa shape index (κ1) is 26.3. The van der Waals surface area contributed by atoms with E-state index in [9.17, 15) is 35.4 Å². The summed E-state index contributed by atoms with van der Waals surface area (Å²) in [5.41, 5.74) is -0.695. The lowest BCUT2D eigenvalue weighted by molar-refractivity contribution is -0.277. The number of benzene rings is 2. The molecule has 3 aromatic rings. The number of phenols is 2. The quantitative estimate of drug-likeness (QED) is 0.244. The second kappa shape index (κ2) is 10.3. The van der Waals surface area contributed by atoms with Crippen molar-refractivity contribution in [3.63, 3.8) is 0 Å². The number of phenolic OH excluding ortho intramolecular Hbond substituents is 2. The van der Waals surface area contributed by atoms with E-state index in [0.29, 0.717) is 0 Å². The fourth-order valence-electron chi connectivity index (χ4n) is 4.06. The Morgan fingerprint density at radius 2 is 1.59 bits per heavy atom. The van der Waals surface area contributed by atoms with Gasteiger partial charge in [-0.25, -0.2) is 0 Å². The molecule has 6 N–H and O–H groups in total. The van der Waals surface area contributed by atoms with Crippen molar-refractivity contribution in [2.24, 2.45) is 0 Å². The molecule has 0 radical (unpaired) electrons. The first-order valence-corrected chi connectivity index (χ1v) is 11.0. The van der Waals surface area contributed by atoms with E-state index < -0.39 is 48.5 Å². The zero-order valence-corrected chi connectivity index (χ0v) is 19.9. The normalized spacial score (nSPS) is 23.6. The molecule has 2 aromatic carbocycles. The standard InChI is InChI=1S/C24H26O13/c1-32-11-5-4-9(6-10(11)26)21-23(34-3)18(29)15-12(35-21)7-13(22(33-2)17(15)28)36-24-20(31)19(30)16(27)14(8-25)37-24/h4-7,14,16,19-20,24-28,30-31H,8H2,1-3H3/t14-,16-,19+,20-,24+/m1/s1. The lowest BCUT2D eigenvalue weighted by Crippen LogP contribution is -2.60. The lowest BCUT2D eigenvalue weighted by atomic mass is 9.99. The summed E-state index contributed by atoms with van der Waals surface area (Å²) in [6, 6.07) is 5.44. The molecule has 0 unspecified atom stereocenters. The highest BCUT2D eigenvalue weighted by molar-refractivity contribution is 5.91. The summed E-state index contributed by atoms with van der Waals surface area (Å²) in [4.78, 5) is 13.3. The van der Waals surface area contributed by atoms with Crippen molar-refractivity contribution in [3.05, 3.63) is 34.5 Å². The van der Waals surface area contributed by atoms with Crippen LogP contribution >= 0.6 is 0 Å². The molecule has 5 atom stereocenters. The predicted octanol–water partition coefficient (Wildman–Crippen LogP) is 0.0757. The van der Waals surface area contributed by atoms with Gasteiger partial charge in [-0.1, -0.05) is 0 Å². The van der Waals surface area contributed by atoms with Crippen molar-refractivity contribution < 1.29 is 58.7 Å². The summed E-state index contributed by atoms with van der Waals surface area (Å²) < 4.78 is 32.4. The monoisotopic (exact) mass is 522 g/mol. The maximum Gasteiger partial charge on any atom is 0.239 e. The van der Waals surface area contributed by atoms with Gasteiger partial charge >= 0.3 is 0 Å². The van der Waals surface area contributed by atoms with E-state index >= 15 is 0 Å². The highest BCUT2D eigenvalue weighted by atomic mass is 16.7. The van der Waals surface area contributed by atoms with Gasteiger partial charge in [0.25, 0.3) is 0 Å². The van der Waals surface area contributed by atoms with E-state index in [1.807, 2.05) is 0 Å². The zero-order valence-electron chi connectivity index (χ0n) is 19.9. The highest BCUT2D eigenvalue weighted by Crippen LogP contribution is 2.45. The van der Waals surface area contributed by atoms with Crippen LogP contribution in [0.4, 0.5) is 0 Å². The van der Waals surface area contributed by atoms with Crippen LogP contribution < -0.4 is 24.4 Å². The number of aromatic hydroxyl groups is 2. The van der Waals surface area contributed by atoms with Crippen molar-refractivity contribution in [3.8, 4) is 45.8 Å². The third-order valence-corrected chi connectivity index (χ3v) is 5.98. The molecule has 13 heteroatoms. The summed E-state index contributed by atoms with van der Waals surface area (Å²) in [6.07, 6.45) is -7.93. The van der Waals surface area contributed by atoms with Crippen LogP contribution in [0.3, 0.4) is 0 Å². The minimum Gasteiger partial charge on any atom is -0.504 e. The van der Waals surface area contributed by atoms with E-state index in [2.05, 4.69) is 0 Å². The molecule has 200 valence electrons. The molecule has 4 rings (SSSR count). The Bertz CT molecular complexity index is 1350. The SMILES string of the molecule is COc1ccc(-c2oc3cc(O[C@H]4O[C@H](CO)[C@@H](O)[C@H](O)[C@H]4O)c(OC)c(O)c3c(=O)c2OC)cc1O. The third kappa shape index (κ3) is 4.47. The van der Waals surface area contributed by atoms with Gasteiger partial charge in [0.05, 0.1) is 27.9 Å². The average Bonchev–Trinajstić information content (AvgIpc) is 2.88. The van der Waals surface area contributed by atoms with Gasteiger partial charge in [0, 0.05) is 11.6 Å². The smallest absolute Gasteiger partial charge is 0.239 e. The van der Waals surface area contributed by atoms with Crippen molar-refractivity contribution >= 4 is 11.0 Å². The third-order valence-electron chi connectivity index (χ3n) is 5.98. The number of aliphatic hydroxyl groups excluding tert-OH is 4. The Balaban J connectivity index is 1.87. The summed E-state index contributed by atoms with van der Waals surface area (Å²) in [7, 11) is 3.79. The Kier molecular flexibility index (Phi) is 7.34. The molecular weight excluding hydrogens is 496 g/mol. The van der Waals surface area contributed by atoms with Crippen molar-refractivity contribution in [2.75, 3.05) is 27.9 Å². The van der Waals surface area contributed by atoms with Crippen molar-refractivity contribution in [2.45, 2.75) is 30.7 Å². The van der Waals surface area contributed by atoms with E-state index in [0.717, 1.165) is 0 Å². The van der Waals surface area contributed by atoms with Gasteiger partial charge in [0.2, 0.25) is 23.2 Å². The number of methoxy groups -OCH3 is 3. The molecule has 1 aliphatic rings. The van der Waals surface area contributed by atoms with Gasteiger partial charge < -0.3 is 58.7 Å². The number of hydrogen-bond donors (Lipinski definition) is 6. The average molecular weight is 522 g/mol. The summed E-state index contributed by atoms with van der Waals surface area (Å²) in [5, 5.41) is 60.6. The Labute approximate surface area is 209 Å². The molecule has 0 aliphatic carbocycles. The number of ether oxygens (including phenoxy) is 5.